The molecule has 136 valence electrons. The van der Waals surface area contributed by atoms with Gasteiger partial charge in [-0.15, -0.1) is 0 Å². The molecule has 0 bridgehead atoms. The summed E-state index contributed by atoms with van der Waals surface area (Å²) in [6.07, 6.45) is 0.937. The quantitative estimate of drug-likeness (QED) is 0.458. The largest absolute Gasteiger partial charge is 0.478 e. The highest BCUT2D eigenvalue weighted by molar-refractivity contribution is 7.80. The number of amides is 1. The van der Waals surface area contributed by atoms with E-state index in [0.29, 0.717) is 11.3 Å². The molecule has 0 fully saturated rings. The summed E-state index contributed by atoms with van der Waals surface area (Å²) in [6.45, 7) is 3.84. The van der Waals surface area contributed by atoms with Gasteiger partial charge in [-0.1, -0.05) is 12.1 Å². The van der Waals surface area contributed by atoms with Crippen molar-refractivity contribution in [3.63, 3.8) is 0 Å². The lowest BCUT2D eigenvalue weighted by molar-refractivity contribution is -0.131. The standard InChI is InChI=1S/C18H18N2O5S/c1-11-3-4-14(9-12(11)2)16(10-17(21)22)19-18(23)13-5-7-15(8-6-13)20-26(24)25/h3-10,20H,1-2H3,(H,19,23)(H,21,22)(H,24,25)/b16-10-. The number of nitrogens with one attached hydrogen (secondary N) is 2. The normalized spacial score (nSPS) is 12.3. The molecule has 2 rings (SSSR count). The Bertz CT molecular complexity index is 891. The Kier molecular flexibility index (Phi) is 6.26. The number of hydrogen-bond donors (Lipinski definition) is 4. The van der Waals surface area contributed by atoms with Crippen molar-refractivity contribution in [3.8, 4) is 0 Å². The van der Waals surface area contributed by atoms with E-state index in [9.17, 15) is 13.8 Å². The average Bonchev–Trinajstić information content (AvgIpc) is 2.56. The smallest absolute Gasteiger partial charge is 0.330 e. The Balaban J connectivity index is 2.25. The van der Waals surface area contributed by atoms with E-state index in [1.54, 1.807) is 12.1 Å². The summed E-state index contributed by atoms with van der Waals surface area (Å²) in [4.78, 5) is 23.5. The van der Waals surface area contributed by atoms with Crippen molar-refractivity contribution in [2.24, 2.45) is 0 Å². The van der Waals surface area contributed by atoms with Crippen molar-refractivity contribution in [1.29, 1.82) is 0 Å². The third-order valence-corrected chi connectivity index (χ3v) is 4.10. The van der Waals surface area contributed by atoms with Crippen LogP contribution in [0.2, 0.25) is 0 Å². The molecule has 8 heteroatoms. The Morgan fingerprint density at radius 2 is 1.62 bits per heavy atom. The number of carboxylic acids is 1. The highest BCUT2D eigenvalue weighted by atomic mass is 32.2. The Morgan fingerprint density at radius 3 is 2.15 bits per heavy atom. The van der Waals surface area contributed by atoms with Crippen LogP contribution in [-0.4, -0.2) is 25.7 Å². The summed E-state index contributed by atoms with van der Waals surface area (Å²) in [6, 6.07) is 11.3. The van der Waals surface area contributed by atoms with Crippen LogP contribution in [-0.2, 0) is 16.1 Å². The molecule has 1 unspecified atom stereocenters. The van der Waals surface area contributed by atoms with Gasteiger partial charge >= 0.3 is 5.97 Å². The Labute approximate surface area is 153 Å². The van der Waals surface area contributed by atoms with Crippen LogP contribution >= 0.6 is 0 Å². The summed E-state index contributed by atoms with van der Waals surface area (Å²) >= 11 is -2.20. The van der Waals surface area contributed by atoms with Crippen molar-refractivity contribution in [2.75, 3.05) is 4.72 Å². The Morgan fingerprint density at radius 1 is 1.00 bits per heavy atom. The number of hydrogen-bond acceptors (Lipinski definition) is 3. The van der Waals surface area contributed by atoms with Gasteiger partial charge in [0.1, 0.15) is 0 Å². The molecule has 0 saturated carbocycles. The van der Waals surface area contributed by atoms with Gasteiger partial charge in [-0.2, -0.15) is 0 Å². The highest BCUT2D eigenvalue weighted by Crippen LogP contribution is 2.18. The molecule has 1 atom stereocenters. The second-order valence-corrected chi connectivity index (χ2v) is 6.28. The second-order valence-electron chi connectivity index (χ2n) is 5.58. The van der Waals surface area contributed by atoms with Crippen molar-refractivity contribution in [3.05, 3.63) is 70.8 Å². The maximum Gasteiger partial charge on any atom is 0.330 e. The third-order valence-electron chi connectivity index (χ3n) is 3.69. The zero-order valence-electron chi connectivity index (χ0n) is 14.1. The number of carboxylic acid groups (broad SMARTS) is 1. The van der Waals surface area contributed by atoms with Gasteiger partial charge in [-0.3, -0.25) is 14.1 Å². The van der Waals surface area contributed by atoms with Crippen molar-refractivity contribution in [1.82, 2.24) is 5.32 Å². The van der Waals surface area contributed by atoms with Crippen molar-refractivity contribution in [2.45, 2.75) is 13.8 Å². The van der Waals surface area contributed by atoms with Crippen LogP contribution in [0.1, 0.15) is 27.0 Å². The van der Waals surface area contributed by atoms with Crippen LogP contribution in [0.4, 0.5) is 5.69 Å². The first-order valence-corrected chi connectivity index (χ1v) is 8.68. The molecule has 0 aliphatic carbocycles. The van der Waals surface area contributed by atoms with Gasteiger partial charge in [0.05, 0.1) is 5.70 Å². The van der Waals surface area contributed by atoms with Crippen LogP contribution in [0, 0.1) is 13.8 Å². The number of rotatable bonds is 6. The summed E-state index contributed by atoms with van der Waals surface area (Å²) in [5.41, 5.74) is 3.43. The first-order valence-electron chi connectivity index (χ1n) is 7.57. The predicted molar refractivity (Wildman–Crippen MR) is 99.8 cm³/mol. The summed E-state index contributed by atoms with van der Waals surface area (Å²) in [7, 11) is 0. The van der Waals surface area contributed by atoms with E-state index in [1.165, 1.54) is 24.3 Å². The molecule has 2 aromatic carbocycles. The molecule has 0 spiro atoms. The minimum absolute atomic E-state index is 0.171. The van der Waals surface area contributed by atoms with Crippen molar-refractivity contribution < 1.29 is 23.5 Å². The number of carbonyl (C=O) groups is 2. The van der Waals surface area contributed by atoms with E-state index in [-0.39, 0.29) is 11.3 Å². The molecule has 26 heavy (non-hydrogen) atoms. The molecule has 2 aromatic rings. The molecule has 0 radical (unpaired) electrons. The van der Waals surface area contributed by atoms with Gasteiger partial charge in [0.2, 0.25) is 0 Å². The molecular weight excluding hydrogens is 356 g/mol. The monoisotopic (exact) mass is 374 g/mol. The third kappa shape index (κ3) is 5.27. The zero-order chi connectivity index (χ0) is 19.3. The second kappa shape index (κ2) is 8.41. The van der Waals surface area contributed by atoms with E-state index in [0.717, 1.165) is 17.2 Å². The van der Waals surface area contributed by atoms with E-state index < -0.39 is 23.1 Å². The fourth-order valence-electron chi connectivity index (χ4n) is 2.21. The maximum atomic E-state index is 12.4. The zero-order valence-corrected chi connectivity index (χ0v) is 15.0. The van der Waals surface area contributed by atoms with Gasteiger partial charge in [-0.25, -0.2) is 9.00 Å². The topological polar surface area (TPSA) is 116 Å². The molecule has 0 saturated heterocycles. The van der Waals surface area contributed by atoms with Crippen LogP contribution in [0.3, 0.4) is 0 Å². The predicted octanol–water partition coefficient (Wildman–Crippen LogP) is 2.71. The SMILES string of the molecule is Cc1ccc(/C(=C/C(=O)O)NC(=O)c2ccc(NS(=O)O)cc2)cc1C. The Hall–Kier alpha value is -2.97. The van der Waals surface area contributed by atoms with E-state index in [1.807, 2.05) is 19.9 Å². The summed E-state index contributed by atoms with van der Waals surface area (Å²) < 4.78 is 21.8. The lowest BCUT2D eigenvalue weighted by atomic mass is 10.0. The summed E-state index contributed by atoms with van der Waals surface area (Å²) in [5, 5.41) is 11.7. The fraction of sp³-hybridized carbons (Fsp3) is 0.111. The minimum atomic E-state index is -2.20. The first-order chi connectivity index (χ1) is 12.3. The lowest BCUT2D eigenvalue weighted by Crippen LogP contribution is -2.22. The molecule has 0 aromatic heterocycles. The molecular formula is C18H18N2O5S. The van der Waals surface area contributed by atoms with Gasteiger partial charge < -0.3 is 10.4 Å². The number of aryl methyl sites for hydroxylation is 2. The molecule has 4 N–H and O–H groups in total. The number of anilines is 1. The number of aliphatic carboxylic acids is 1. The van der Waals surface area contributed by atoms with E-state index >= 15 is 0 Å². The van der Waals surface area contributed by atoms with Crippen LogP contribution in [0.25, 0.3) is 5.70 Å². The van der Waals surface area contributed by atoms with E-state index in [4.69, 9.17) is 9.66 Å². The first kappa shape index (κ1) is 19.4. The molecule has 0 heterocycles. The summed E-state index contributed by atoms with van der Waals surface area (Å²) in [5.74, 6) is -1.67. The van der Waals surface area contributed by atoms with Crippen LogP contribution in [0.15, 0.2) is 48.5 Å². The number of benzene rings is 2. The molecule has 0 aliphatic heterocycles. The van der Waals surface area contributed by atoms with Crippen molar-refractivity contribution >= 4 is 34.5 Å². The van der Waals surface area contributed by atoms with Gasteiger partial charge in [0.15, 0.2) is 0 Å². The van der Waals surface area contributed by atoms with Crippen LogP contribution in [0.5, 0.6) is 0 Å². The minimum Gasteiger partial charge on any atom is -0.478 e. The molecule has 0 aliphatic rings. The van der Waals surface area contributed by atoms with E-state index in [2.05, 4.69) is 10.0 Å². The number of carbonyl (C=O) groups excluding carboxylic acids is 1. The lowest BCUT2D eigenvalue weighted by Gasteiger charge is -2.12. The fourth-order valence-corrected chi connectivity index (χ4v) is 2.55. The maximum absolute atomic E-state index is 12.4. The van der Waals surface area contributed by atoms with Gasteiger partial charge in [-0.05, 0) is 60.9 Å². The van der Waals surface area contributed by atoms with Gasteiger partial charge in [0.25, 0.3) is 17.2 Å². The highest BCUT2D eigenvalue weighted by Gasteiger charge is 2.12. The molecule has 1 amide bonds. The average molecular weight is 374 g/mol. The molecule has 7 nitrogen and oxygen atoms in total. The van der Waals surface area contributed by atoms with Crippen LogP contribution < -0.4 is 10.0 Å². The van der Waals surface area contributed by atoms with Gasteiger partial charge in [0, 0.05) is 17.3 Å².